The van der Waals surface area contributed by atoms with Crippen LogP contribution < -0.4 is 41.3 Å². The Morgan fingerprint density at radius 1 is 0.359 bits per heavy atom. The molecule has 8 aliphatic rings. The van der Waals surface area contributed by atoms with Crippen molar-refractivity contribution < 1.29 is 43.5 Å². The third kappa shape index (κ3) is 16.8. The third-order valence-corrected chi connectivity index (χ3v) is 22.3. The van der Waals surface area contributed by atoms with E-state index in [1.54, 1.807) is 57.9 Å². The van der Waals surface area contributed by atoms with Gasteiger partial charge in [0.05, 0.1) is 6.04 Å². The fourth-order valence-corrected chi connectivity index (χ4v) is 15.9. The van der Waals surface area contributed by atoms with Gasteiger partial charge < -0.3 is 26.8 Å². The van der Waals surface area contributed by atoms with Gasteiger partial charge in [0.1, 0.15) is 64.7 Å². The van der Waals surface area contributed by atoms with Gasteiger partial charge >= 0.3 is 5.97 Å². The summed E-state index contributed by atoms with van der Waals surface area (Å²) in [5.41, 5.74) is 14.6. The number of benzene rings is 4. The zero-order valence-corrected chi connectivity index (χ0v) is 64.0. The maximum atomic E-state index is 13.0. The molecule has 33 nitrogen and oxygen atoms in total. The van der Waals surface area contributed by atoms with Gasteiger partial charge in [0.15, 0.2) is 0 Å². The van der Waals surface area contributed by atoms with Crippen molar-refractivity contribution in [3.8, 4) is 0 Å². The number of amides is 7. The second-order valence-electron chi connectivity index (χ2n) is 30.0. The Morgan fingerprint density at radius 2 is 0.607 bits per heavy atom. The molecule has 4 aliphatic carbocycles. The van der Waals surface area contributed by atoms with Crippen molar-refractivity contribution in [1.82, 2.24) is 96.6 Å². The number of carboxylic acids is 1. The number of nitrogens with one attached hydrogen (secondary N) is 7. The first-order chi connectivity index (χ1) is 56.8. The minimum absolute atomic E-state index is 0.0139. The highest BCUT2D eigenvalue weighted by Gasteiger charge is 2.56. The average molecular weight is 1570 g/mol. The van der Waals surface area contributed by atoms with Gasteiger partial charge in [0.25, 0.3) is 41.3 Å². The van der Waals surface area contributed by atoms with E-state index in [1.807, 2.05) is 164 Å². The van der Waals surface area contributed by atoms with E-state index in [0.29, 0.717) is 78.3 Å². The van der Waals surface area contributed by atoms with Gasteiger partial charge in [0, 0.05) is 78.7 Å². The average Bonchev–Trinajstić information content (AvgIpc) is 1.61. The van der Waals surface area contributed by atoms with E-state index in [0.717, 1.165) is 70.4 Å². The van der Waals surface area contributed by atoms with Crippen molar-refractivity contribution in [2.24, 2.45) is 29.4 Å². The minimum atomic E-state index is -1.12. The van der Waals surface area contributed by atoms with Gasteiger partial charge in [0.2, 0.25) is 23.4 Å². The molecular weight excluding hydrogens is 1490 g/mol. The number of likely N-dealkylation sites (N-methyl/N-ethyl adjacent to an activating group) is 4. The van der Waals surface area contributed by atoms with E-state index in [9.17, 15) is 38.4 Å². The summed E-state index contributed by atoms with van der Waals surface area (Å²) in [6.07, 6.45) is 12.6. The Morgan fingerprint density at radius 3 is 0.880 bits per heavy atom. The Balaban J connectivity index is 0.000000112. The molecule has 20 rings (SSSR count). The van der Waals surface area contributed by atoms with Crippen molar-refractivity contribution in [2.45, 2.75) is 99.2 Å². The first kappa shape index (κ1) is 76.7. The molecule has 4 aromatic carbocycles. The summed E-state index contributed by atoms with van der Waals surface area (Å²) in [4.78, 5) is 140. The molecule has 0 bridgehead atoms. The Hall–Kier alpha value is -14.2. The highest BCUT2D eigenvalue weighted by Crippen LogP contribution is 2.57. The van der Waals surface area contributed by atoms with E-state index in [2.05, 4.69) is 103 Å². The summed E-state index contributed by atoms with van der Waals surface area (Å²) < 4.78 is 0. The highest BCUT2D eigenvalue weighted by molar-refractivity contribution is 6.05. The van der Waals surface area contributed by atoms with Crippen LogP contribution in [0.3, 0.4) is 0 Å². The molecule has 0 saturated heterocycles. The zero-order chi connectivity index (χ0) is 81.1. The molecule has 10 N–H and O–H groups in total. The third-order valence-electron chi connectivity index (χ3n) is 22.3. The first-order valence-electron chi connectivity index (χ1n) is 38.4. The Bertz CT molecular complexity index is 5280. The van der Waals surface area contributed by atoms with Crippen molar-refractivity contribution in [3.63, 3.8) is 0 Å². The van der Waals surface area contributed by atoms with Crippen LogP contribution in [0.1, 0.15) is 160 Å². The van der Waals surface area contributed by atoms with Gasteiger partial charge in [-0.2, -0.15) is 0 Å². The molecule has 4 fully saturated rings. The van der Waals surface area contributed by atoms with E-state index in [4.69, 9.17) is 10.8 Å². The van der Waals surface area contributed by atoms with Crippen molar-refractivity contribution >= 4 is 70.6 Å². The number of anilines is 4. The van der Waals surface area contributed by atoms with Gasteiger partial charge in [-0.05, 0) is 142 Å². The number of rotatable bonds is 15. The SMILES string of the molecule is CN1C(=O)[C@@H](N)C2C[C@H]2c2cccnc21.CN1C(=O)[C@@H](NC(=O)c2n[nH]c(Cc3ccccc3)n2)C2C[C@H]2c2cccnc21.CN1C(=O)[C@@H](NC(=O)c2n[nH]c(Cc3ccccc3)n2)[C@H]2C[C@H]2c2cccnc21.CN1C(=O)[C@H](NC(=O)c2n[nH]c(Cc3ccccc3)n2)[C@@H]2C[C@@H]2c2cccnc21.O=C(O)c1n[nH]c(Cc2ccccc2)n1. The van der Waals surface area contributed by atoms with Crippen molar-refractivity contribution in [2.75, 3.05) is 47.8 Å². The number of nitrogens with zero attached hydrogens (tertiary/aromatic N) is 16. The molecule has 592 valence electrons. The lowest BCUT2D eigenvalue weighted by Gasteiger charge is -2.22. The fourth-order valence-electron chi connectivity index (χ4n) is 15.9. The second kappa shape index (κ2) is 33.1. The summed E-state index contributed by atoms with van der Waals surface area (Å²) >= 11 is 0. The summed E-state index contributed by atoms with van der Waals surface area (Å²) in [6, 6.07) is 52.6. The molecule has 12 atom stereocenters. The maximum absolute atomic E-state index is 13.0. The molecule has 117 heavy (non-hydrogen) atoms. The smallest absolute Gasteiger partial charge is 0.375 e. The first-order valence-corrected chi connectivity index (χ1v) is 38.4. The topological polar surface area (TPSA) is 450 Å². The van der Waals surface area contributed by atoms with Crippen LogP contribution in [0.25, 0.3) is 0 Å². The predicted molar refractivity (Wildman–Crippen MR) is 425 cm³/mol. The lowest BCUT2D eigenvalue weighted by atomic mass is 10.1. The lowest BCUT2D eigenvalue weighted by Crippen LogP contribution is -2.48. The molecule has 12 aromatic rings. The lowest BCUT2D eigenvalue weighted by molar-refractivity contribution is -0.121. The van der Waals surface area contributed by atoms with Gasteiger partial charge in [-0.15, -0.1) is 20.4 Å². The number of aromatic nitrogens is 16. The molecule has 0 radical (unpaired) electrons. The number of carbonyl (C=O) groups is 8. The number of pyridine rings is 4. The van der Waals surface area contributed by atoms with Gasteiger partial charge in [-0.3, -0.25) is 73.6 Å². The number of aromatic amines is 4. The molecular formula is C84H82N24O9. The quantitative estimate of drug-likeness (QED) is 0.0522. The number of H-pyrrole nitrogens is 4. The van der Waals surface area contributed by atoms with Crippen LogP contribution >= 0.6 is 0 Å². The number of carbonyl (C=O) groups excluding carboxylic acids is 7. The van der Waals surface area contributed by atoms with E-state index < -0.39 is 41.8 Å². The summed E-state index contributed by atoms with van der Waals surface area (Å²) in [7, 11) is 6.84. The van der Waals surface area contributed by atoms with Crippen LogP contribution in [-0.2, 0) is 44.9 Å². The molecule has 7 amide bonds. The number of fused-ring (bicyclic) bond motifs is 12. The molecule has 4 saturated carbocycles. The molecule has 2 unspecified atom stereocenters. The van der Waals surface area contributed by atoms with Crippen molar-refractivity contribution in [1.29, 1.82) is 0 Å². The monoisotopic (exact) mass is 1570 g/mol. The summed E-state index contributed by atoms with van der Waals surface area (Å²) in [5.74, 6) is 3.82. The number of carboxylic acid groups (broad SMARTS) is 1. The maximum Gasteiger partial charge on any atom is 0.375 e. The number of hydrogen-bond donors (Lipinski definition) is 9. The van der Waals surface area contributed by atoms with Crippen LogP contribution in [0.15, 0.2) is 195 Å². The Kier molecular flexibility index (Phi) is 21.7. The van der Waals surface area contributed by atoms with Crippen molar-refractivity contribution in [3.05, 3.63) is 286 Å². The fraction of sp³-hybridized carbons (Fsp3) is 0.286. The summed E-state index contributed by atoms with van der Waals surface area (Å²) in [6.45, 7) is 0. The highest BCUT2D eigenvalue weighted by atomic mass is 16.4. The van der Waals surface area contributed by atoms with E-state index in [1.165, 1.54) is 20.3 Å². The van der Waals surface area contributed by atoms with Crippen LogP contribution in [0.2, 0.25) is 0 Å². The Labute approximate surface area is 669 Å². The normalized spacial score (nSPS) is 22.2. The molecule has 33 heteroatoms. The standard InChI is InChI=1S/3C21H20N6O2.C11H13N3O.C10H9N3O2/c3*1-27-19-13(8-5-9-22-19)14-11-15(14)17(21(27)29)24-20(28)18-23-16(25-26-18)10-12-6-3-2-4-7-12;1-14-10-6(3-2-4-13-10)7-5-8(7)9(12)11(14)15;14-10(15)9-11-8(12-13-9)6-7-4-2-1-3-5-7/h3*2-9,14-15,17H,10-11H2,1H3,(H,24,28)(H,23,25,26);2-4,7-9H,5,12H2,1H3;1-5H,6H2,(H,14,15)(H,11,12,13)/t14-,15?,17-;2*14-,15-,17-;7-,8?,9-;/m0100./s1. The number of aromatic carboxylic acids is 1. The minimum Gasteiger partial charge on any atom is -0.475 e. The van der Waals surface area contributed by atoms with Gasteiger partial charge in [-0.1, -0.05) is 146 Å². The molecule has 0 spiro atoms. The van der Waals surface area contributed by atoms with Crippen LogP contribution in [-0.4, -0.2) is 185 Å². The second-order valence-corrected chi connectivity index (χ2v) is 30.0. The van der Waals surface area contributed by atoms with Crippen LogP contribution in [0, 0.1) is 23.7 Å². The van der Waals surface area contributed by atoms with Crippen LogP contribution in [0.4, 0.5) is 23.3 Å². The largest absolute Gasteiger partial charge is 0.475 e. The van der Waals surface area contributed by atoms with Crippen LogP contribution in [0.5, 0.6) is 0 Å². The predicted octanol–water partition coefficient (Wildman–Crippen LogP) is 6.59. The number of hydrogen-bond acceptors (Lipinski definition) is 21. The molecule has 8 aromatic heterocycles. The number of nitrogens with two attached hydrogens (primary N) is 1. The molecule has 4 aliphatic heterocycles. The summed E-state index contributed by atoms with van der Waals surface area (Å²) in [5, 5.41) is 43.9. The van der Waals surface area contributed by atoms with E-state index in [-0.39, 0.29) is 88.5 Å². The van der Waals surface area contributed by atoms with Gasteiger partial charge in [-0.25, -0.2) is 44.7 Å². The van der Waals surface area contributed by atoms with E-state index >= 15 is 0 Å². The zero-order valence-electron chi connectivity index (χ0n) is 64.0. The molecule has 12 heterocycles.